The summed E-state index contributed by atoms with van der Waals surface area (Å²) in [6.45, 7) is 3.19. The van der Waals surface area contributed by atoms with E-state index in [9.17, 15) is 14.4 Å². The van der Waals surface area contributed by atoms with Crippen LogP contribution in [-0.2, 0) is 9.59 Å². The number of imide groups is 1. The zero-order valence-corrected chi connectivity index (χ0v) is 16.8. The smallest absolute Gasteiger partial charge is 0.332 e. The number of nitrogens with one attached hydrogen (secondary N) is 1. The monoisotopic (exact) mass is 397 g/mol. The molecule has 1 fully saturated rings. The van der Waals surface area contributed by atoms with Gasteiger partial charge >= 0.3 is 6.03 Å². The van der Waals surface area contributed by atoms with Gasteiger partial charge in [-0.05, 0) is 38.1 Å². The van der Waals surface area contributed by atoms with Gasteiger partial charge in [-0.3, -0.25) is 19.4 Å². The van der Waals surface area contributed by atoms with Crippen LogP contribution in [0.25, 0.3) is 0 Å². The topological polar surface area (TPSA) is 88.2 Å². The van der Waals surface area contributed by atoms with Crippen molar-refractivity contribution in [3.8, 4) is 11.5 Å². The molecule has 1 heterocycles. The molecule has 8 nitrogen and oxygen atoms in total. The molecular formula is C21H23N3O5. The summed E-state index contributed by atoms with van der Waals surface area (Å²) in [4.78, 5) is 40.3. The normalized spacial score (nSPS) is 16.2. The molecule has 0 aliphatic carbocycles. The number of hydrogen-bond acceptors (Lipinski definition) is 5. The molecule has 152 valence electrons. The van der Waals surface area contributed by atoms with Gasteiger partial charge in [-0.2, -0.15) is 0 Å². The van der Waals surface area contributed by atoms with Crippen molar-refractivity contribution in [2.24, 2.45) is 0 Å². The van der Waals surface area contributed by atoms with E-state index < -0.39 is 23.9 Å². The SMILES string of the molecule is COc1ccc(NC(=O)CN2C(=O)[C@H](C)N(c3ccc(C)cc3)C2=O)c(OC)c1. The van der Waals surface area contributed by atoms with Crippen LogP contribution in [0.1, 0.15) is 12.5 Å². The molecule has 2 aromatic rings. The average molecular weight is 397 g/mol. The van der Waals surface area contributed by atoms with Gasteiger partial charge in [0.25, 0.3) is 5.91 Å². The van der Waals surface area contributed by atoms with Gasteiger partial charge in [0.2, 0.25) is 5.91 Å². The van der Waals surface area contributed by atoms with Gasteiger partial charge in [0.05, 0.1) is 19.9 Å². The number of benzene rings is 2. The van der Waals surface area contributed by atoms with Crippen LogP contribution in [-0.4, -0.2) is 49.6 Å². The van der Waals surface area contributed by atoms with Gasteiger partial charge in [0.15, 0.2) is 0 Å². The molecule has 1 N–H and O–H groups in total. The minimum absolute atomic E-state index is 0.389. The maximum Gasteiger partial charge on any atom is 0.332 e. The fourth-order valence-electron chi connectivity index (χ4n) is 3.15. The summed E-state index contributed by atoms with van der Waals surface area (Å²) < 4.78 is 10.4. The van der Waals surface area contributed by atoms with Gasteiger partial charge in [-0.15, -0.1) is 0 Å². The van der Waals surface area contributed by atoms with Gasteiger partial charge < -0.3 is 14.8 Å². The predicted molar refractivity (Wildman–Crippen MR) is 108 cm³/mol. The fraction of sp³-hybridized carbons (Fsp3) is 0.286. The van der Waals surface area contributed by atoms with E-state index >= 15 is 0 Å². The van der Waals surface area contributed by atoms with Crippen molar-refractivity contribution >= 4 is 29.2 Å². The van der Waals surface area contributed by atoms with E-state index in [4.69, 9.17) is 9.47 Å². The van der Waals surface area contributed by atoms with Crippen LogP contribution in [0.15, 0.2) is 42.5 Å². The first-order chi connectivity index (χ1) is 13.8. The molecule has 29 heavy (non-hydrogen) atoms. The van der Waals surface area contributed by atoms with Crippen LogP contribution < -0.4 is 19.7 Å². The van der Waals surface area contributed by atoms with Crippen molar-refractivity contribution in [2.75, 3.05) is 31.0 Å². The number of hydrogen-bond donors (Lipinski definition) is 1. The van der Waals surface area contributed by atoms with Crippen molar-refractivity contribution in [1.29, 1.82) is 0 Å². The molecule has 1 atom stereocenters. The molecule has 1 saturated heterocycles. The van der Waals surface area contributed by atoms with Crippen LogP contribution in [0, 0.1) is 6.92 Å². The number of methoxy groups -OCH3 is 2. The number of anilines is 2. The third kappa shape index (κ3) is 4.01. The molecule has 1 aliphatic rings. The Kier molecular flexibility index (Phi) is 5.72. The standard InChI is InChI=1S/C21H23N3O5/c1-13-5-7-15(8-6-13)24-14(2)20(26)23(21(24)27)12-19(25)22-17-10-9-16(28-3)11-18(17)29-4/h5-11,14H,12H2,1-4H3,(H,22,25)/t14-/m0/s1. The second-order valence-electron chi connectivity index (χ2n) is 6.70. The number of carbonyl (C=O) groups excluding carboxylic acids is 3. The first kappa shape index (κ1) is 20.2. The third-order valence-corrected chi connectivity index (χ3v) is 4.74. The molecule has 3 rings (SSSR count). The fourth-order valence-corrected chi connectivity index (χ4v) is 3.15. The van der Waals surface area contributed by atoms with E-state index in [1.165, 1.54) is 19.1 Å². The largest absolute Gasteiger partial charge is 0.497 e. The number of carbonyl (C=O) groups is 3. The third-order valence-electron chi connectivity index (χ3n) is 4.74. The maximum absolute atomic E-state index is 12.8. The van der Waals surface area contributed by atoms with E-state index in [1.54, 1.807) is 37.3 Å². The Morgan fingerprint density at radius 2 is 1.76 bits per heavy atom. The predicted octanol–water partition coefficient (Wildman–Crippen LogP) is 2.81. The Hall–Kier alpha value is -3.55. The number of aryl methyl sites for hydroxylation is 1. The summed E-state index contributed by atoms with van der Waals surface area (Å²) in [7, 11) is 3.00. The van der Waals surface area contributed by atoms with E-state index in [0.29, 0.717) is 22.9 Å². The van der Waals surface area contributed by atoms with Crippen LogP contribution in [0.5, 0.6) is 11.5 Å². The summed E-state index contributed by atoms with van der Waals surface area (Å²) in [5.74, 6) is 0.0549. The lowest BCUT2D eigenvalue weighted by molar-refractivity contribution is -0.130. The highest BCUT2D eigenvalue weighted by molar-refractivity contribution is 6.16. The highest BCUT2D eigenvalue weighted by atomic mass is 16.5. The molecule has 2 aromatic carbocycles. The second kappa shape index (κ2) is 8.22. The lowest BCUT2D eigenvalue weighted by Crippen LogP contribution is -2.39. The molecule has 0 radical (unpaired) electrons. The average Bonchev–Trinajstić information content (AvgIpc) is 2.92. The Bertz CT molecular complexity index is 942. The van der Waals surface area contributed by atoms with Crippen molar-refractivity contribution < 1.29 is 23.9 Å². The van der Waals surface area contributed by atoms with Crippen molar-refractivity contribution in [2.45, 2.75) is 19.9 Å². The van der Waals surface area contributed by atoms with E-state index in [2.05, 4.69) is 5.32 Å². The van der Waals surface area contributed by atoms with Crippen molar-refractivity contribution in [3.05, 3.63) is 48.0 Å². The Balaban J connectivity index is 1.74. The molecule has 8 heteroatoms. The molecule has 0 aromatic heterocycles. The number of ether oxygens (including phenoxy) is 2. The molecule has 1 aliphatic heterocycles. The minimum atomic E-state index is -0.687. The van der Waals surface area contributed by atoms with Crippen molar-refractivity contribution in [3.63, 3.8) is 0 Å². The highest BCUT2D eigenvalue weighted by Crippen LogP contribution is 2.29. The first-order valence-corrected chi connectivity index (χ1v) is 9.08. The summed E-state index contributed by atoms with van der Waals surface area (Å²) >= 11 is 0. The van der Waals surface area contributed by atoms with Gasteiger partial charge in [-0.1, -0.05) is 17.7 Å². The van der Waals surface area contributed by atoms with E-state index in [0.717, 1.165) is 10.5 Å². The summed E-state index contributed by atoms with van der Waals surface area (Å²) in [5.41, 5.74) is 2.08. The van der Waals surface area contributed by atoms with Gasteiger partial charge in [-0.25, -0.2) is 4.79 Å². The highest BCUT2D eigenvalue weighted by Gasteiger charge is 2.44. The Labute approximate surface area is 169 Å². The molecule has 0 spiro atoms. The number of rotatable bonds is 6. The summed E-state index contributed by atoms with van der Waals surface area (Å²) in [5, 5.41) is 2.67. The zero-order valence-electron chi connectivity index (χ0n) is 16.8. The number of nitrogens with zero attached hydrogens (tertiary/aromatic N) is 2. The zero-order chi connectivity index (χ0) is 21.1. The van der Waals surface area contributed by atoms with E-state index in [1.807, 2.05) is 19.1 Å². The molecule has 0 unspecified atom stereocenters. The van der Waals surface area contributed by atoms with Crippen LogP contribution in [0.3, 0.4) is 0 Å². The van der Waals surface area contributed by atoms with Gasteiger partial charge in [0.1, 0.15) is 24.1 Å². The van der Waals surface area contributed by atoms with E-state index in [-0.39, 0.29) is 6.54 Å². The lowest BCUT2D eigenvalue weighted by Gasteiger charge is -2.19. The first-order valence-electron chi connectivity index (χ1n) is 9.08. The Morgan fingerprint density at radius 3 is 2.38 bits per heavy atom. The van der Waals surface area contributed by atoms with Crippen LogP contribution in [0.4, 0.5) is 16.2 Å². The van der Waals surface area contributed by atoms with Gasteiger partial charge in [0, 0.05) is 11.8 Å². The molecule has 0 saturated carbocycles. The molecule has 0 bridgehead atoms. The maximum atomic E-state index is 12.8. The number of urea groups is 1. The Morgan fingerprint density at radius 1 is 1.07 bits per heavy atom. The quantitative estimate of drug-likeness (QED) is 0.758. The van der Waals surface area contributed by atoms with Crippen LogP contribution >= 0.6 is 0 Å². The second-order valence-corrected chi connectivity index (χ2v) is 6.70. The number of amides is 4. The summed E-state index contributed by atoms with van der Waals surface area (Å²) in [6, 6.07) is 11.0. The molecule has 4 amide bonds. The van der Waals surface area contributed by atoms with Crippen molar-refractivity contribution in [1.82, 2.24) is 4.90 Å². The lowest BCUT2D eigenvalue weighted by atomic mass is 10.2. The molecular weight excluding hydrogens is 374 g/mol. The van der Waals surface area contributed by atoms with Crippen LogP contribution in [0.2, 0.25) is 0 Å². The minimum Gasteiger partial charge on any atom is -0.497 e. The summed E-state index contributed by atoms with van der Waals surface area (Å²) in [6.07, 6.45) is 0.